The Morgan fingerprint density at radius 3 is 1.41 bits per heavy atom. The lowest BCUT2D eigenvalue weighted by Gasteiger charge is -2.23. The van der Waals surface area contributed by atoms with Gasteiger partial charge in [0, 0.05) is 32.9 Å². The van der Waals surface area contributed by atoms with E-state index in [1.807, 2.05) is 12.1 Å². The first-order valence-corrected chi connectivity index (χ1v) is 11.1. The van der Waals surface area contributed by atoms with Gasteiger partial charge in [0.05, 0.1) is 11.4 Å². The predicted octanol–water partition coefficient (Wildman–Crippen LogP) is 8.78. The van der Waals surface area contributed by atoms with E-state index in [2.05, 4.69) is 122 Å². The fraction of sp³-hybridized carbons (Fsp3) is 0.133. The molecule has 0 aliphatic rings. The molecule has 0 aromatic heterocycles. The van der Waals surface area contributed by atoms with E-state index in [0.717, 1.165) is 22.7 Å². The van der Waals surface area contributed by atoms with E-state index >= 15 is 0 Å². The molecular formula is C30H28N2. The fourth-order valence-corrected chi connectivity index (χ4v) is 4.25. The third-order valence-electron chi connectivity index (χ3n) is 5.98. The molecule has 2 heteroatoms. The Morgan fingerprint density at radius 1 is 0.469 bits per heavy atom. The van der Waals surface area contributed by atoms with Crippen LogP contribution in [0.1, 0.15) is 26.3 Å². The third-order valence-corrected chi connectivity index (χ3v) is 5.98. The number of anilines is 4. The van der Waals surface area contributed by atoms with Crippen LogP contribution in [0.25, 0.3) is 21.5 Å². The molecule has 0 aliphatic heterocycles. The molecule has 2 N–H and O–H groups in total. The highest BCUT2D eigenvalue weighted by molar-refractivity contribution is 6.21. The van der Waals surface area contributed by atoms with Gasteiger partial charge in [-0.25, -0.2) is 0 Å². The molecule has 0 radical (unpaired) electrons. The van der Waals surface area contributed by atoms with Crippen LogP contribution in [0, 0.1) is 0 Å². The predicted molar refractivity (Wildman–Crippen MR) is 140 cm³/mol. The summed E-state index contributed by atoms with van der Waals surface area (Å²) in [6.07, 6.45) is 0. The van der Waals surface area contributed by atoms with Gasteiger partial charge in [-0.3, -0.25) is 0 Å². The highest BCUT2D eigenvalue weighted by atomic mass is 14.9. The van der Waals surface area contributed by atoms with Crippen LogP contribution in [-0.2, 0) is 5.41 Å². The van der Waals surface area contributed by atoms with Gasteiger partial charge in [-0.15, -0.1) is 0 Å². The number of hydrogen-bond acceptors (Lipinski definition) is 2. The van der Waals surface area contributed by atoms with Crippen LogP contribution < -0.4 is 10.6 Å². The first-order chi connectivity index (χ1) is 15.5. The summed E-state index contributed by atoms with van der Waals surface area (Å²) < 4.78 is 0. The largest absolute Gasteiger partial charge is 0.355 e. The molecule has 2 nitrogen and oxygen atoms in total. The van der Waals surface area contributed by atoms with Crippen LogP contribution in [0.2, 0.25) is 0 Å². The minimum Gasteiger partial charge on any atom is -0.355 e. The highest BCUT2D eigenvalue weighted by Crippen LogP contribution is 2.43. The molecular weight excluding hydrogens is 388 g/mol. The molecule has 0 atom stereocenters. The number of nitrogens with one attached hydrogen (secondary N) is 2. The molecule has 5 aromatic carbocycles. The third kappa shape index (κ3) is 3.80. The maximum Gasteiger partial charge on any atom is 0.0545 e. The van der Waals surface area contributed by atoms with Crippen molar-refractivity contribution in [2.24, 2.45) is 0 Å². The molecule has 32 heavy (non-hydrogen) atoms. The van der Waals surface area contributed by atoms with Crippen molar-refractivity contribution in [1.82, 2.24) is 0 Å². The molecule has 158 valence electrons. The van der Waals surface area contributed by atoms with Crippen LogP contribution in [-0.4, -0.2) is 0 Å². The van der Waals surface area contributed by atoms with E-state index in [-0.39, 0.29) is 5.41 Å². The van der Waals surface area contributed by atoms with Gasteiger partial charge >= 0.3 is 0 Å². The molecule has 5 aromatic rings. The van der Waals surface area contributed by atoms with Gasteiger partial charge in [0.15, 0.2) is 0 Å². The van der Waals surface area contributed by atoms with Crippen LogP contribution in [0.3, 0.4) is 0 Å². The maximum atomic E-state index is 3.73. The van der Waals surface area contributed by atoms with Crippen molar-refractivity contribution in [2.45, 2.75) is 26.2 Å². The standard InChI is InChI=1S/C30H28N2/c1-30(2,3)21-18-19-26-27(20-21)29(32-23-14-8-5-9-15-23)25-17-11-10-16-24(25)28(26)31-22-12-6-4-7-13-22/h4-20,31-32H,1-3H3. The molecule has 0 saturated heterocycles. The summed E-state index contributed by atoms with van der Waals surface area (Å²) in [7, 11) is 0. The van der Waals surface area contributed by atoms with Gasteiger partial charge in [-0.2, -0.15) is 0 Å². The quantitative estimate of drug-likeness (QED) is 0.226. The molecule has 0 aliphatic carbocycles. The molecule has 0 spiro atoms. The number of rotatable bonds is 4. The summed E-state index contributed by atoms with van der Waals surface area (Å²) in [6.45, 7) is 6.80. The molecule has 0 heterocycles. The number of para-hydroxylation sites is 2. The van der Waals surface area contributed by atoms with Crippen molar-refractivity contribution in [1.29, 1.82) is 0 Å². The zero-order valence-electron chi connectivity index (χ0n) is 18.8. The van der Waals surface area contributed by atoms with Crippen molar-refractivity contribution in [3.8, 4) is 0 Å². The van der Waals surface area contributed by atoms with Gasteiger partial charge in [-0.1, -0.05) is 93.6 Å². The van der Waals surface area contributed by atoms with Gasteiger partial charge in [-0.05, 0) is 41.3 Å². The van der Waals surface area contributed by atoms with Crippen LogP contribution >= 0.6 is 0 Å². The Hall–Kier alpha value is -3.78. The first kappa shape index (κ1) is 20.1. The lowest BCUT2D eigenvalue weighted by atomic mass is 9.85. The number of benzene rings is 5. The summed E-state index contributed by atoms with van der Waals surface area (Å²) in [4.78, 5) is 0. The molecule has 0 fully saturated rings. The zero-order valence-corrected chi connectivity index (χ0v) is 18.8. The number of hydrogen-bond donors (Lipinski definition) is 2. The van der Waals surface area contributed by atoms with Gasteiger partial charge in [0.1, 0.15) is 0 Å². The van der Waals surface area contributed by atoms with Crippen molar-refractivity contribution < 1.29 is 0 Å². The molecule has 5 rings (SSSR count). The summed E-state index contributed by atoms with van der Waals surface area (Å²) in [5.41, 5.74) is 5.84. The minimum atomic E-state index is 0.0663. The smallest absolute Gasteiger partial charge is 0.0545 e. The topological polar surface area (TPSA) is 24.1 Å². The van der Waals surface area contributed by atoms with E-state index in [9.17, 15) is 0 Å². The maximum absolute atomic E-state index is 3.73. The molecule has 0 saturated carbocycles. The average Bonchev–Trinajstić information content (AvgIpc) is 2.81. The zero-order chi connectivity index (χ0) is 22.1. The van der Waals surface area contributed by atoms with E-state index in [1.165, 1.54) is 27.1 Å². The Bertz CT molecular complexity index is 1380. The van der Waals surface area contributed by atoms with Crippen molar-refractivity contribution >= 4 is 44.3 Å². The van der Waals surface area contributed by atoms with E-state index < -0.39 is 0 Å². The minimum absolute atomic E-state index is 0.0663. The van der Waals surface area contributed by atoms with Crippen molar-refractivity contribution in [2.75, 3.05) is 10.6 Å². The molecule has 0 unspecified atom stereocenters. The van der Waals surface area contributed by atoms with E-state index in [4.69, 9.17) is 0 Å². The fourth-order valence-electron chi connectivity index (χ4n) is 4.25. The molecule has 0 amide bonds. The summed E-state index contributed by atoms with van der Waals surface area (Å²) >= 11 is 0. The van der Waals surface area contributed by atoms with Crippen molar-refractivity contribution in [3.05, 3.63) is 109 Å². The summed E-state index contributed by atoms with van der Waals surface area (Å²) in [6, 6.07) is 36.3. The second-order valence-corrected chi connectivity index (χ2v) is 9.29. The highest BCUT2D eigenvalue weighted by Gasteiger charge is 2.19. The number of fused-ring (bicyclic) bond motifs is 2. The SMILES string of the molecule is CC(C)(C)c1ccc2c(Nc3ccccc3)c3ccccc3c(Nc3ccccc3)c2c1. The first-order valence-electron chi connectivity index (χ1n) is 11.1. The van der Waals surface area contributed by atoms with Gasteiger partial charge < -0.3 is 10.6 Å². The Balaban J connectivity index is 1.83. The monoisotopic (exact) mass is 416 g/mol. The molecule has 0 bridgehead atoms. The average molecular weight is 417 g/mol. The van der Waals surface area contributed by atoms with Gasteiger partial charge in [0.25, 0.3) is 0 Å². The Labute approximate surface area is 189 Å². The Morgan fingerprint density at radius 2 is 0.906 bits per heavy atom. The van der Waals surface area contributed by atoms with Crippen LogP contribution in [0.15, 0.2) is 103 Å². The van der Waals surface area contributed by atoms with E-state index in [0.29, 0.717) is 0 Å². The summed E-state index contributed by atoms with van der Waals surface area (Å²) in [5.74, 6) is 0. The second-order valence-electron chi connectivity index (χ2n) is 9.29. The van der Waals surface area contributed by atoms with Crippen molar-refractivity contribution in [3.63, 3.8) is 0 Å². The summed E-state index contributed by atoms with van der Waals surface area (Å²) in [5, 5.41) is 12.3. The lowest BCUT2D eigenvalue weighted by molar-refractivity contribution is 0.591. The van der Waals surface area contributed by atoms with E-state index in [1.54, 1.807) is 0 Å². The lowest BCUT2D eigenvalue weighted by Crippen LogP contribution is -2.11. The van der Waals surface area contributed by atoms with Crippen LogP contribution in [0.5, 0.6) is 0 Å². The second kappa shape index (κ2) is 8.05. The normalized spacial score (nSPS) is 11.6. The van der Waals surface area contributed by atoms with Gasteiger partial charge in [0.2, 0.25) is 0 Å². The Kier molecular flexibility index (Phi) is 5.07. The van der Waals surface area contributed by atoms with Crippen LogP contribution in [0.4, 0.5) is 22.7 Å².